The van der Waals surface area contributed by atoms with E-state index in [1.165, 1.54) is 22.4 Å². The smallest absolute Gasteiger partial charge is 0.135 e. The van der Waals surface area contributed by atoms with Crippen LogP contribution in [0.2, 0.25) is 0 Å². The van der Waals surface area contributed by atoms with Gasteiger partial charge in [-0.25, -0.2) is 0 Å². The van der Waals surface area contributed by atoms with E-state index in [1.54, 1.807) is 0 Å². The van der Waals surface area contributed by atoms with Crippen LogP contribution in [0.1, 0.15) is 0 Å². The molecule has 0 amide bonds. The standard InChI is InChI=1S/C24H17N2OP/c1-2-8-18(9-3-1)28-25-21-11-5-6-12-22(21)26(28)17-14-15-24-20(16-17)19-10-4-7-13-23(19)27-24/h1-16,25H. The molecule has 1 aliphatic rings. The van der Waals surface area contributed by atoms with Crippen LogP contribution >= 0.6 is 8.22 Å². The fraction of sp³-hybridized carbons (Fsp3) is 0. The predicted octanol–water partition coefficient (Wildman–Crippen LogP) is 6.79. The number of hydrogen-bond acceptors (Lipinski definition) is 3. The Morgan fingerprint density at radius 1 is 0.679 bits per heavy atom. The molecule has 134 valence electrons. The summed E-state index contributed by atoms with van der Waals surface area (Å²) >= 11 is 0. The highest BCUT2D eigenvalue weighted by Crippen LogP contribution is 2.57. The summed E-state index contributed by atoms with van der Waals surface area (Å²) in [5.41, 5.74) is 5.42. The lowest BCUT2D eigenvalue weighted by atomic mass is 10.1. The Hall–Kier alpha value is -3.29. The van der Waals surface area contributed by atoms with Crippen molar-refractivity contribution in [2.75, 3.05) is 9.76 Å². The van der Waals surface area contributed by atoms with Crippen LogP contribution in [0.25, 0.3) is 21.9 Å². The Balaban J connectivity index is 1.57. The van der Waals surface area contributed by atoms with Gasteiger partial charge in [0.1, 0.15) is 19.4 Å². The molecule has 0 saturated carbocycles. The third-order valence-electron chi connectivity index (χ3n) is 5.16. The minimum absolute atomic E-state index is 0.738. The largest absolute Gasteiger partial charge is 0.456 e. The van der Waals surface area contributed by atoms with Crippen molar-refractivity contribution >= 4 is 52.5 Å². The Kier molecular flexibility index (Phi) is 3.44. The zero-order valence-electron chi connectivity index (χ0n) is 15.0. The highest BCUT2D eigenvalue weighted by molar-refractivity contribution is 7.69. The fourth-order valence-corrected chi connectivity index (χ4v) is 5.95. The molecule has 4 aromatic carbocycles. The van der Waals surface area contributed by atoms with Gasteiger partial charge >= 0.3 is 0 Å². The second-order valence-corrected chi connectivity index (χ2v) is 8.63. The monoisotopic (exact) mass is 380 g/mol. The summed E-state index contributed by atoms with van der Waals surface area (Å²) in [5.74, 6) is 0. The van der Waals surface area contributed by atoms with Crippen molar-refractivity contribution < 1.29 is 4.42 Å². The van der Waals surface area contributed by atoms with E-state index >= 15 is 0 Å². The lowest BCUT2D eigenvalue weighted by Gasteiger charge is -2.26. The number of benzene rings is 4. The van der Waals surface area contributed by atoms with Gasteiger partial charge in [-0.1, -0.05) is 60.7 Å². The molecular weight excluding hydrogens is 363 g/mol. The van der Waals surface area contributed by atoms with Gasteiger partial charge in [0.15, 0.2) is 0 Å². The van der Waals surface area contributed by atoms with Gasteiger partial charge in [-0.3, -0.25) is 4.67 Å². The fourth-order valence-electron chi connectivity index (χ4n) is 3.87. The average Bonchev–Trinajstić information content (AvgIpc) is 3.32. The molecule has 0 aliphatic carbocycles. The third kappa shape index (κ3) is 2.33. The third-order valence-corrected chi connectivity index (χ3v) is 7.25. The number of rotatable bonds is 2. The molecule has 6 rings (SSSR count). The first-order chi connectivity index (χ1) is 13.9. The van der Waals surface area contributed by atoms with E-state index in [9.17, 15) is 0 Å². The van der Waals surface area contributed by atoms with Crippen LogP contribution < -0.4 is 15.1 Å². The van der Waals surface area contributed by atoms with Crippen molar-refractivity contribution in [3.63, 3.8) is 0 Å². The van der Waals surface area contributed by atoms with Crippen molar-refractivity contribution in [2.24, 2.45) is 0 Å². The molecule has 5 aromatic rings. The van der Waals surface area contributed by atoms with Gasteiger partial charge in [0, 0.05) is 21.8 Å². The van der Waals surface area contributed by atoms with Gasteiger partial charge < -0.3 is 9.50 Å². The van der Waals surface area contributed by atoms with E-state index in [0.29, 0.717) is 0 Å². The second-order valence-electron chi connectivity index (χ2n) is 6.87. The number of hydrogen-bond donors (Lipinski definition) is 1. The van der Waals surface area contributed by atoms with E-state index in [-0.39, 0.29) is 0 Å². The first-order valence-corrected chi connectivity index (χ1v) is 10.6. The number of nitrogens with zero attached hydrogens (tertiary/aromatic N) is 1. The maximum Gasteiger partial charge on any atom is 0.135 e. The zero-order valence-corrected chi connectivity index (χ0v) is 15.9. The molecule has 4 heteroatoms. The quantitative estimate of drug-likeness (QED) is 0.342. The molecule has 1 N–H and O–H groups in total. The lowest BCUT2D eigenvalue weighted by molar-refractivity contribution is 0.669. The summed E-state index contributed by atoms with van der Waals surface area (Å²) in [6, 6.07) is 33.9. The normalized spacial score (nSPS) is 15.7. The first kappa shape index (κ1) is 15.7. The van der Waals surface area contributed by atoms with Gasteiger partial charge in [0.25, 0.3) is 0 Å². The Bertz CT molecular complexity index is 1310. The van der Waals surface area contributed by atoms with Crippen LogP contribution in [0.5, 0.6) is 0 Å². The van der Waals surface area contributed by atoms with Crippen LogP contribution in [-0.4, -0.2) is 0 Å². The first-order valence-electron chi connectivity index (χ1n) is 9.31. The molecular formula is C24H17N2OP. The van der Waals surface area contributed by atoms with Crippen molar-refractivity contribution in [3.05, 3.63) is 97.1 Å². The lowest BCUT2D eigenvalue weighted by Crippen LogP contribution is -2.16. The van der Waals surface area contributed by atoms with Crippen LogP contribution in [0.15, 0.2) is 101 Å². The molecule has 0 bridgehead atoms. The minimum Gasteiger partial charge on any atom is -0.456 e. The van der Waals surface area contributed by atoms with Crippen LogP contribution in [-0.2, 0) is 0 Å². The highest BCUT2D eigenvalue weighted by atomic mass is 31.1. The molecule has 3 nitrogen and oxygen atoms in total. The summed E-state index contributed by atoms with van der Waals surface area (Å²) in [6.07, 6.45) is 0. The molecule has 1 atom stereocenters. The van der Waals surface area contributed by atoms with Crippen molar-refractivity contribution in [2.45, 2.75) is 0 Å². The maximum absolute atomic E-state index is 6.02. The molecule has 1 unspecified atom stereocenters. The van der Waals surface area contributed by atoms with Gasteiger partial charge in [0.05, 0.1) is 11.4 Å². The molecule has 0 saturated heterocycles. The topological polar surface area (TPSA) is 28.4 Å². The Morgan fingerprint density at radius 2 is 1.43 bits per heavy atom. The van der Waals surface area contributed by atoms with Gasteiger partial charge in [-0.05, 0) is 36.4 Å². The average molecular weight is 380 g/mol. The number of furan rings is 1. The molecule has 0 fully saturated rings. The Labute approximate surface area is 164 Å². The molecule has 0 spiro atoms. The number of para-hydroxylation sites is 3. The summed E-state index contributed by atoms with van der Waals surface area (Å²) in [7, 11) is -0.738. The SMILES string of the molecule is c1ccc(P2Nc3ccccc3N2c2ccc3oc4ccccc4c3c2)cc1. The molecule has 28 heavy (non-hydrogen) atoms. The predicted molar refractivity (Wildman–Crippen MR) is 119 cm³/mol. The van der Waals surface area contributed by atoms with Crippen LogP contribution in [0.4, 0.5) is 17.1 Å². The van der Waals surface area contributed by atoms with Crippen LogP contribution in [0.3, 0.4) is 0 Å². The second kappa shape index (κ2) is 6.12. The summed E-state index contributed by atoms with van der Waals surface area (Å²) in [5, 5.41) is 7.35. The summed E-state index contributed by atoms with van der Waals surface area (Å²) < 4.78 is 8.45. The van der Waals surface area contributed by atoms with Gasteiger partial charge in [0.2, 0.25) is 0 Å². The zero-order chi connectivity index (χ0) is 18.5. The summed E-state index contributed by atoms with van der Waals surface area (Å²) in [6.45, 7) is 0. The molecule has 0 radical (unpaired) electrons. The van der Waals surface area contributed by atoms with Crippen molar-refractivity contribution in [1.82, 2.24) is 0 Å². The van der Waals surface area contributed by atoms with Gasteiger partial charge in [-0.15, -0.1) is 0 Å². The number of anilines is 3. The van der Waals surface area contributed by atoms with Gasteiger partial charge in [-0.2, -0.15) is 0 Å². The minimum atomic E-state index is -0.738. The summed E-state index contributed by atoms with van der Waals surface area (Å²) in [4.78, 5) is 0. The van der Waals surface area contributed by atoms with Crippen molar-refractivity contribution in [1.29, 1.82) is 0 Å². The van der Waals surface area contributed by atoms with E-state index in [1.807, 2.05) is 12.1 Å². The van der Waals surface area contributed by atoms with E-state index in [4.69, 9.17) is 4.42 Å². The van der Waals surface area contributed by atoms with E-state index in [0.717, 1.165) is 21.9 Å². The molecule has 1 aliphatic heterocycles. The molecule has 2 heterocycles. The van der Waals surface area contributed by atoms with E-state index < -0.39 is 8.22 Å². The number of nitrogens with one attached hydrogen (secondary N) is 1. The Morgan fingerprint density at radius 3 is 2.36 bits per heavy atom. The van der Waals surface area contributed by atoms with Crippen molar-refractivity contribution in [3.8, 4) is 0 Å². The van der Waals surface area contributed by atoms with E-state index in [2.05, 4.69) is 94.7 Å². The molecule has 1 aromatic heterocycles. The highest BCUT2D eigenvalue weighted by Gasteiger charge is 2.31. The van der Waals surface area contributed by atoms with Crippen LogP contribution in [0, 0.1) is 0 Å². The maximum atomic E-state index is 6.02. The number of fused-ring (bicyclic) bond motifs is 4.